The quantitative estimate of drug-likeness (QED) is 0.578. The average molecular weight is 462 g/mol. The number of nitrogens with one attached hydrogen (secondary N) is 1. The van der Waals surface area contributed by atoms with E-state index in [0.717, 1.165) is 25.3 Å². The van der Waals surface area contributed by atoms with Gasteiger partial charge in [0.1, 0.15) is 11.4 Å². The van der Waals surface area contributed by atoms with E-state index in [1.807, 2.05) is 27.0 Å². The lowest BCUT2D eigenvalue weighted by molar-refractivity contribution is -0.138. The van der Waals surface area contributed by atoms with Gasteiger partial charge in [-0.3, -0.25) is 9.69 Å². The molecule has 1 aliphatic rings. The number of imidazole rings is 1. The summed E-state index contributed by atoms with van der Waals surface area (Å²) < 4.78 is 5.74. The number of fused-ring (bicyclic) bond motifs is 1. The van der Waals surface area contributed by atoms with Crippen LogP contribution in [-0.2, 0) is 16.1 Å². The van der Waals surface area contributed by atoms with Gasteiger partial charge in [-0.25, -0.2) is 4.98 Å². The second-order valence-electron chi connectivity index (χ2n) is 8.28. The van der Waals surface area contributed by atoms with Gasteiger partial charge in [-0.1, -0.05) is 53.2 Å². The van der Waals surface area contributed by atoms with Gasteiger partial charge < -0.3 is 9.72 Å². The molecule has 1 aromatic heterocycles. The van der Waals surface area contributed by atoms with E-state index in [4.69, 9.17) is 0 Å². The monoisotopic (exact) mass is 461 g/mol. The lowest BCUT2D eigenvalue weighted by Gasteiger charge is -2.22. The molecule has 0 fully saturated rings. The average Bonchev–Trinajstić information content (AvgIpc) is 3.10. The molecule has 0 saturated heterocycles. The van der Waals surface area contributed by atoms with Crippen LogP contribution in [0.3, 0.4) is 0 Å². The fourth-order valence-corrected chi connectivity index (χ4v) is 3.82. The molecule has 6 heteroatoms. The Hall–Kier alpha value is -1.92. The highest BCUT2D eigenvalue weighted by atomic mass is 79.9. The summed E-state index contributed by atoms with van der Waals surface area (Å²) in [6, 6.07) is 8.60. The van der Waals surface area contributed by atoms with Crippen molar-refractivity contribution in [2.45, 2.75) is 58.6 Å². The summed E-state index contributed by atoms with van der Waals surface area (Å²) in [6.07, 6.45) is 6.43. The molecule has 0 amide bonds. The molecule has 1 N–H and O–H groups in total. The molecule has 5 nitrogen and oxygen atoms in total. The van der Waals surface area contributed by atoms with Crippen molar-refractivity contribution < 1.29 is 9.53 Å². The predicted molar refractivity (Wildman–Crippen MR) is 122 cm³/mol. The van der Waals surface area contributed by atoms with E-state index in [1.54, 1.807) is 0 Å². The van der Waals surface area contributed by atoms with E-state index in [1.165, 1.54) is 27.7 Å². The van der Waals surface area contributed by atoms with Crippen molar-refractivity contribution in [3.63, 3.8) is 0 Å². The molecule has 1 heterocycles. The maximum absolute atomic E-state index is 9.60. The van der Waals surface area contributed by atoms with Gasteiger partial charge in [-0.05, 0) is 58.3 Å². The van der Waals surface area contributed by atoms with Gasteiger partial charge >= 0.3 is 0 Å². The Labute approximate surface area is 182 Å². The molecule has 1 aliphatic carbocycles. The summed E-state index contributed by atoms with van der Waals surface area (Å²) in [5, 5.41) is 0. The molecule has 158 valence electrons. The number of H-pyrrole nitrogens is 1. The highest BCUT2D eigenvalue weighted by Gasteiger charge is 2.23. The topological polar surface area (TPSA) is 58.2 Å². The van der Waals surface area contributed by atoms with Crippen LogP contribution >= 0.6 is 15.9 Å². The molecule has 0 bridgehead atoms. The number of rotatable bonds is 6. The lowest BCUT2D eigenvalue weighted by atomic mass is 9.85. The van der Waals surface area contributed by atoms with E-state index in [9.17, 15) is 4.79 Å². The SMILES string of the molecule is CC(C)(C)OC=O.CCCN(C)Cc1ncc(C2CC=C(Br)c3ccccc32)[nH]1. The van der Waals surface area contributed by atoms with Crippen LogP contribution in [0, 0.1) is 0 Å². The molecule has 0 aliphatic heterocycles. The van der Waals surface area contributed by atoms with Crippen LogP contribution in [0.5, 0.6) is 0 Å². The van der Waals surface area contributed by atoms with Gasteiger partial charge in [-0.15, -0.1) is 0 Å². The number of aromatic amines is 1. The first kappa shape index (κ1) is 23.4. The van der Waals surface area contributed by atoms with Crippen LogP contribution in [0.15, 0.2) is 36.5 Å². The highest BCUT2D eigenvalue weighted by Crippen LogP contribution is 2.40. The number of benzene rings is 1. The molecular weight excluding hydrogens is 430 g/mol. The highest BCUT2D eigenvalue weighted by molar-refractivity contribution is 9.15. The molecular formula is C23H32BrN3O2. The van der Waals surface area contributed by atoms with Crippen molar-refractivity contribution in [1.29, 1.82) is 0 Å². The van der Waals surface area contributed by atoms with Crippen molar-refractivity contribution in [2.75, 3.05) is 13.6 Å². The molecule has 1 unspecified atom stereocenters. The van der Waals surface area contributed by atoms with Crippen molar-refractivity contribution in [2.24, 2.45) is 0 Å². The van der Waals surface area contributed by atoms with Crippen molar-refractivity contribution >= 4 is 26.9 Å². The summed E-state index contributed by atoms with van der Waals surface area (Å²) in [5.74, 6) is 1.42. The Morgan fingerprint density at radius 1 is 1.34 bits per heavy atom. The minimum atomic E-state index is -0.318. The first-order valence-electron chi connectivity index (χ1n) is 10.0. The summed E-state index contributed by atoms with van der Waals surface area (Å²) >= 11 is 3.67. The van der Waals surface area contributed by atoms with Crippen LogP contribution in [0.1, 0.15) is 69.1 Å². The second-order valence-corrected chi connectivity index (χ2v) is 9.13. The minimum Gasteiger partial charge on any atom is -0.462 e. The zero-order valence-electron chi connectivity index (χ0n) is 18.0. The number of carbonyl (C=O) groups is 1. The molecule has 0 saturated carbocycles. The molecule has 0 spiro atoms. The number of nitrogens with zero attached hydrogens (tertiary/aromatic N) is 2. The third-order valence-electron chi connectivity index (χ3n) is 4.58. The molecule has 1 atom stereocenters. The van der Waals surface area contributed by atoms with Gasteiger partial charge in [0, 0.05) is 22.3 Å². The number of hydrogen-bond donors (Lipinski definition) is 1. The summed E-state index contributed by atoms with van der Waals surface area (Å²) in [5.41, 5.74) is 3.55. The molecule has 0 radical (unpaired) electrons. The Morgan fingerprint density at radius 2 is 2.07 bits per heavy atom. The van der Waals surface area contributed by atoms with Crippen LogP contribution in [0.2, 0.25) is 0 Å². The standard InChI is InChI=1S/C18H22BrN3.C5H10O2/c1-3-10-22(2)12-18-20-11-17(21-18)15-8-9-16(19)14-7-5-4-6-13(14)15;1-5(2,3)7-4-6/h4-7,9,11,15H,3,8,10,12H2,1-2H3,(H,20,21);4H,1-3H3. The van der Waals surface area contributed by atoms with Crippen molar-refractivity contribution in [1.82, 2.24) is 14.9 Å². The Morgan fingerprint density at radius 3 is 2.69 bits per heavy atom. The zero-order chi connectivity index (χ0) is 21.4. The van der Waals surface area contributed by atoms with Gasteiger partial charge in [0.15, 0.2) is 0 Å². The predicted octanol–water partition coefficient (Wildman–Crippen LogP) is 5.48. The normalized spacial score (nSPS) is 15.8. The van der Waals surface area contributed by atoms with Crippen LogP contribution in [0.4, 0.5) is 0 Å². The van der Waals surface area contributed by atoms with Crippen LogP contribution in [-0.4, -0.2) is 40.5 Å². The van der Waals surface area contributed by atoms with Gasteiger partial charge in [0.25, 0.3) is 6.47 Å². The summed E-state index contributed by atoms with van der Waals surface area (Å²) in [4.78, 5) is 20.0. The number of allylic oxidation sites excluding steroid dienone is 1. The maximum atomic E-state index is 9.60. The Balaban J connectivity index is 0.000000370. The fourth-order valence-electron chi connectivity index (χ4n) is 3.27. The van der Waals surface area contributed by atoms with E-state index < -0.39 is 0 Å². The summed E-state index contributed by atoms with van der Waals surface area (Å²) in [6.45, 7) is 10.1. The first-order chi connectivity index (χ1) is 13.7. The second kappa shape index (κ2) is 10.7. The number of hydrogen-bond acceptors (Lipinski definition) is 4. The number of carbonyl (C=O) groups excluding carboxylic acids is 1. The Kier molecular flexibility index (Phi) is 8.65. The third-order valence-corrected chi connectivity index (χ3v) is 5.33. The number of halogens is 1. The summed E-state index contributed by atoms with van der Waals surface area (Å²) in [7, 11) is 2.14. The zero-order valence-corrected chi connectivity index (χ0v) is 19.6. The van der Waals surface area contributed by atoms with Gasteiger partial charge in [-0.2, -0.15) is 0 Å². The molecule has 1 aromatic carbocycles. The van der Waals surface area contributed by atoms with E-state index >= 15 is 0 Å². The van der Waals surface area contributed by atoms with Crippen molar-refractivity contribution in [3.05, 3.63) is 59.2 Å². The third kappa shape index (κ3) is 7.12. The van der Waals surface area contributed by atoms with Gasteiger partial charge in [0.2, 0.25) is 0 Å². The van der Waals surface area contributed by atoms with Gasteiger partial charge in [0.05, 0.1) is 6.54 Å². The van der Waals surface area contributed by atoms with E-state index in [0.29, 0.717) is 12.4 Å². The fraction of sp³-hybridized carbons (Fsp3) is 0.478. The number of aromatic nitrogens is 2. The lowest BCUT2D eigenvalue weighted by Crippen LogP contribution is -2.19. The smallest absolute Gasteiger partial charge is 0.293 e. The van der Waals surface area contributed by atoms with E-state index in [2.05, 4.69) is 79.8 Å². The Bertz CT molecular complexity index is 824. The van der Waals surface area contributed by atoms with Crippen LogP contribution in [0.25, 0.3) is 4.48 Å². The molecule has 29 heavy (non-hydrogen) atoms. The minimum absolute atomic E-state index is 0.318. The largest absolute Gasteiger partial charge is 0.462 e. The molecule has 2 aromatic rings. The van der Waals surface area contributed by atoms with E-state index in [-0.39, 0.29) is 5.60 Å². The maximum Gasteiger partial charge on any atom is 0.293 e. The molecule has 3 rings (SSSR count). The van der Waals surface area contributed by atoms with Crippen molar-refractivity contribution in [3.8, 4) is 0 Å². The number of ether oxygens (including phenoxy) is 1. The first-order valence-corrected chi connectivity index (χ1v) is 10.8. The van der Waals surface area contributed by atoms with Crippen LogP contribution < -0.4 is 0 Å².